The number of amides is 1. The van der Waals surface area contributed by atoms with Crippen molar-refractivity contribution in [1.82, 2.24) is 0 Å². The number of nitrogens with zero attached hydrogens (tertiary/aromatic N) is 1. The molecule has 0 saturated carbocycles. The van der Waals surface area contributed by atoms with Crippen molar-refractivity contribution >= 4 is 67.0 Å². The van der Waals surface area contributed by atoms with E-state index in [0.717, 1.165) is 18.7 Å². The van der Waals surface area contributed by atoms with E-state index in [1.807, 2.05) is 0 Å². The van der Waals surface area contributed by atoms with Crippen LogP contribution in [-0.2, 0) is 44.2 Å². The maximum absolute atomic E-state index is 11.9. The smallest absolute Gasteiger partial charge is 0.327 e. The third-order valence-electron chi connectivity index (χ3n) is 5.70. The SMILES string of the molecule is COC(=O)C(C)(C(=O)OC)c1ccc(Br)cc1[N+](=O)[O-].COC(=O)C1(C)C(=O)Nc2cc(Br)ccc21. The van der Waals surface area contributed by atoms with Gasteiger partial charge < -0.3 is 19.5 Å². The second-order valence-electron chi connectivity index (χ2n) is 7.79. The van der Waals surface area contributed by atoms with E-state index < -0.39 is 33.7 Å². The highest BCUT2D eigenvalue weighted by molar-refractivity contribution is 9.10. The van der Waals surface area contributed by atoms with Gasteiger partial charge in [-0.15, -0.1) is 0 Å². The van der Waals surface area contributed by atoms with Crippen LogP contribution in [0.3, 0.4) is 0 Å². The van der Waals surface area contributed by atoms with Gasteiger partial charge in [0, 0.05) is 26.3 Å². The van der Waals surface area contributed by atoms with E-state index in [1.54, 1.807) is 25.1 Å². The Morgan fingerprint density at radius 3 is 2.00 bits per heavy atom. The number of anilines is 1. The maximum Gasteiger partial charge on any atom is 0.327 e. The van der Waals surface area contributed by atoms with Gasteiger partial charge in [0.05, 0.1) is 31.8 Å². The van der Waals surface area contributed by atoms with Crippen molar-refractivity contribution < 1.29 is 38.3 Å². The van der Waals surface area contributed by atoms with Crippen LogP contribution in [0.25, 0.3) is 0 Å². The fourth-order valence-corrected chi connectivity index (χ4v) is 4.33. The molecule has 2 aromatic carbocycles. The van der Waals surface area contributed by atoms with Crippen LogP contribution in [0.1, 0.15) is 25.0 Å². The third-order valence-corrected chi connectivity index (χ3v) is 6.69. The van der Waals surface area contributed by atoms with Crippen LogP contribution in [0.5, 0.6) is 0 Å². The molecule has 36 heavy (non-hydrogen) atoms. The number of nitro benzene ring substituents is 1. The Morgan fingerprint density at radius 2 is 1.50 bits per heavy atom. The molecule has 1 unspecified atom stereocenters. The molecule has 192 valence electrons. The number of hydrogen-bond acceptors (Lipinski definition) is 9. The van der Waals surface area contributed by atoms with Crippen molar-refractivity contribution in [2.75, 3.05) is 26.6 Å². The number of carbonyl (C=O) groups excluding carboxylic acids is 4. The Labute approximate surface area is 222 Å². The number of halogens is 2. The molecule has 0 spiro atoms. The van der Waals surface area contributed by atoms with Gasteiger partial charge in [-0.05, 0) is 38.1 Å². The standard InChI is InChI=1S/C12H12BrNO6.C11H10BrNO3/c1-12(10(15)19-2,11(16)20-3)8-5-4-7(13)6-9(8)14(17)18;1-11(10(15)16-2)7-4-3-6(12)5-8(7)13-9(11)14/h4-6H,1-3H3;3-5H,1-2H3,(H,13,14). The first-order valence-corrected chi connectivity index (χ1v) is 11.7. The van der Waals surface area contributed by atoms with Crippen LogP contribution >= 0.6 is 31.9 Å². The van der Waals surface area contributed by atoms with E-state index >= 15 is 0 Å². The minimum Gasteiger partial charge on any atom is -0.468 e. The fourth-order valence-electron chi connectivity index (χ4n) is 3.62. The van der Waals surface area contributed by atoms with Crippen LogP contribution < -0.4 is 5.32 Å². The first-order valence-electron chi connectivity index (χ1n) is 10.1. The summed E-state index contributed by atoms with van der Waals surface area (Å²) in [5.41, 5.74) is -2.33. The van der Waals surface area contributed by atoms with Crippen molar-refractivity contribution in [2.24, 2.45) is 0 Å². The minimum atomic E-state index is -1.91. The van der Waals surface area contributed by atoms with Gasteiger partial charge in [0.15, 0.2) is 10.8 Å². The second-order valence-corrected chi connectivity index (χ2v) is 9.62. The van der Waals surface area contributed by atoms with Gasteiger partial charge in [-0.1, -0.05) is 37.9 Å². The average molecular weight is 630 g/mol. The summed E-state index contributed by atoms with van der Waals surface area (Å²) in [5, 5.41) is 13.8. The van der Waals surface area contributed by atoms with Crippen molar-refractivity contribution in [3.63, 3.8) is 0 Å². The number of carbonyl (C=O) groups is 4. The maximum atomic E-state index is 11.9. The molecule has 0 fully saturated rings. The summed E-state index contributed by atoms with van der Waals surface area (Å²) < 4.78 is 15.1. The summed E-state index contributed by atoms with van der Waals surface area (Å²) in [5.74, 6) is -2.77. The van der Waals surface area contributed by atoms with Gasteiger partial charge in [0.25, 0.3) is 5.69 Å². The molecule has 1 heterocycles. The quantitative estimate of drug-likeness (QED) is 0.171. The second kappa shape index (κ2) is 11.2. The summed E-state index contributed by atoms with van der Waals surface area (Å²) in [6.07, 6.45) is 0. The van der Waals surface area contributed by atoms with Gasteiger partial charge in [-0.2, -0.15) is 0 Å². The zero-order valence-electron chi connectivity index (χ0n) is 19.8. The number of ether oxygens (including phenoxy) is 3. The van der Waals surface area contributed by atoms with Gasteiger partial charge in [-0.25, -0.2) is 0 Å². The first kappa shape index (κ1) is 28.9. The molecular weight excluding hydrogens is 608 g/mol. The number of nitrogens with one attached hydrogen (secondary N) is 1. The number of hydrogen-bond donors (Lipinski definition) is 1. The average Bonchev–Trinajstić information content (AvgIpc) is 3.11. The number of methoxy groups -OCH3 is 3. The molecular formula is C23H22Br2N2O9. The lowest BCUT2D eigenvalue weighted by molar-refractivity contribution is -0.386. The van der Waals surface area contributed by atoms with Gasteiger partial charge in [0.2, 0.25) is 5.91 Å². The van der Waals surface area contributed by atoms with Crippen molar-refractivity contribution in [2.45, 2.75) is 24.7 Å². The van der Waals surface area contributed by atoms with Crippen molar-refractivity contribution in [3.05, 3.63) is 66.6 Å². The molecule has 1 atom stereocenters. The van der Waals surface area contributed by atoms with Gasteiger partial charge >= 0.3 is 17.9 Å². The molecule has 2 aromatic rings. The number of fused-ring (bicyclic) bond motifs is 1. The summed E-state index contributed by atoms with van der Waals surface area (Å²) in [6, 6.07) is 9.32. The Bertz CT molecular complexity index is 1230. The van der Waals surface area contributed by atoms with Crippen LogP contribution in [0, 0.1) is 10.1 Å². The number of rotatable bonds is 5. The molecule has 11 nitrogen and oxygen atoms in total. The molecule has 13 heteroatoms. The lowest BCUT2D eigenvalue weighted by atomic mass is 9.81. The number of nitro groups is 1. The Balaban J connectivity index is 0.000000259. The zero-order chi connectivity index (χ0) is 27.4. The van der Waals surface area contributed by atoms with Crippen LogP contribution in [0.2, 0.25) is 0 Å². The monoisotopic (exact) mass is 628 g/mol. The van der Waals surface area contributed by atoms with E-state index in [-0.39, 0.29) is 17.2 Å². The minimum absolute atomic E-state index is 0.0931. The lowest BCUT2D eigenvalue weighted by Crippen LogP contribution is -2.43. The Morgan fingerprint density at radius 1 is 0.972 bits per heavy atom. The molecule has 0 aliphatic carbocycles. The van der Waals surface area contributed by atoms with Crippen molar-refractivity contribution in [3.8, 4) is 0 Å². The van der Waals surface area contributed by atoms with Crippen LogP contribution in [-0.4, -0.2) is 50.1 Å². The highest BCUT2D eigenvalue weighted by Gasteiger charge is 2.50. The normalized spacial score (nSPS) is 16.0. The molecule has 1 aliphatic rings. The zero-order valence-corrected chi connectivity index (χ0v) is 23.0. The topological polar surface area (TPSA) is 151 Å². The molecule has 1 amide bonds. The van der Waals surface area contributed by atoms with E-state index in [4.69, 9.17) is 0 Å². The molecule has 0 saturated heterocycles. The highest BCUT2D eigenvalue weighted by Crippen LogP contribution is 2.40. The molecule has 0 aromatic heterocycles. The summed E-state index contributed by atoms with van der Waals surface area (Å²) in [6.45, 7) is 2.79. The van der Waals surface area contributed by atoms with E-state index in [0.29, 0.717) is 15.7 Å². The molecule has 0 radical (unpaired) electrons. The van der Waals surface area contributed by atoms with Crippen LogP contribution in [0.4, 0.5) is 11.4 Å². The number of benzene rings is 2. The lowest BCUT2D eigenvalue weighted by Gasteiger charge is -2.23. The van der Waals surface area contributed by atoms with Gasteiger partial charge in [0.1, 0.15) is 0 Å². The molecule has 1 N–H and O–H groups in total. The summed E-state index contributed by atoms with van der Waals surface area (Å²) in [4.78, 5) is 57.9. The van der Waals surface area contributed by atoms with E-state index in [1.165, 1.54) is 32.2 Å². The Hall–Kier alpha value is -3.32. The third kappa shape index (κ3) is 5.12. The van der Waals surface area contributed by atoms with E-state index in [2.05, 4.69) is 51.4 Å². The van der Waals surface area contributed by atoms with Gasteiger partial charge in [-0.3, -0.25) is 29.3 Å². The number of esters is 3. The summed E-state index contributed by atoms with van der Waals surface area (Å²) >= 11 is 6.41. The van der Waals surface area contributed by atoms with Crippen molar-refractivity contribution in [1.29, 1.82) is 0 Å². The predicted octanol–water partition coefficient (Wildman–Crippen LogP) is 3.79. The molecule has 1 aliphatic heterocycles. The highest BCUT2D eigenvalue weighted by atomic mass is 79.9. The fraction of sp³-hybridized carbons (Fsp3) is 0.304. The largest absolute Gasteiger partial charge is 0.468 e. The Kier molecular flexibility index (Phi) is 8.97. The van der Waals surface area contributed by atoms with E-state index in [9.17, 15) is 29.3 Å². The molecule has 0 bridgehead atoms. The summed E-state index contributed by atoms with van der Waals surface area (Å²) in [7, 11) is 3.46. The molecule has 3 rings (SSSR count). The first-order chi connectivity index (χ1) is 16.8. The van der Waals surface area contributed by atoms with Crippen LogP contribution in [0.15, 0.2) is 45.3 Å². The predicted molar refractivity (Wildman–Crippen MR) is 134 cm³/mol.